The van der Waals surface area contributed by atoms with Crippen LogP contribution < -0.4 is 11.1 Å². The van der Waals surface area contributed by atoms with Gasteiger partial charge >= 0.3 is 0 Å². The van der Waals surface area contributed by atoms with Crippen molar-refractivity contribution in [1.82, 2.24) is 5.32 Å². The molecule has 0 rings (SSSR count). The number of hydrogen-bond donors (Lipinski definition) is 2. The van der Waals surface area contributed by atoms with Crippen molar-refractivity contribution in [3.63, 3.8) is 0 Å². The highest BCUT2D eigenvalue weighted by atomic mass is 127. The molecule has 0 radical (unpaired) electrons. The molecule has 0 heterocycles. The second kappa shape index (κ2) is 9.13. The molecule has 0 aromatic carbocycles. The van der Waals surface area contributed by atoms with Crippen LogP contribution in [0.5, 0.6) is 0 Å². The quantitative estimate of drug-likeness (QED) is 0.437. The van der Waals surface area contributed by atoms with Crippen molar-refractivity contribution in [1.29, 1.82) is 0 Å². The number of rotatable bonds is 5. The van der Waals surface area contributed by atoms with E-state index in [-0.39, 0.29) is 28.7 Å². The van der Waals surface area contributed by atoms with Crippen LogP contribution in [0.2, 0.25) is 0 Å². The van der Waals surface area contributed by atoms with E-state index >= 15 is 0 Å². The first kappa shape index (κ1) is 19.5. The van der Waals surface area contributed by atoms with Crippen LogP contribution in [0.25, 0.3) is 0 Å². The summed E-state index contributed by atoms with van der Waals surface area (Å²) in [6, 6.07) is 0. The smallest absolute Gasteiger partial charge is 0.188 e. The van der Waals surface area contributed by atoms with Crippen molar-refractivity contribution in [2.45, 2.75) is 39.4 Å². The fourth-order valence-corrected chi connectivity index (χ4v) is 1.81. The van der Waals surface area contributed by atoms with Gasteiger partial charge in [-0.2, -0.15) is 0 Å². The topological polar surface area (TPSA) is 67.5 Å². The van der Waals surface area contributed by atoms with E-state index in [2.05, 4.69) is 24.2 Å². The van der Waals surface area contributed by atoms with Gasteiger partial charge in [0.2, 0.25) is 0 Å². The van der Waals surface area contributed by atoms with Gasteiger partial charge in [-0.15, -0.1) is 24.0 Å². The summed E-state index contributed by atoms with van der Waals surface area (Å²) in [6.45, 7) is 11.4. The lowest BCUT2D eigenvalue weighted by Crippen LogP contribution is -2.37. The van der Waals surface area contributed by atoms with Gasteiger partial charge in [-0.3, -0.25) is 9.20 Å². The average Bonchev–Trinajstić information content (AvgIpc) is 2.13. The van der Waals surface area contributed by atoms with Crippen LogP contribution in [0, 0.1) is 5.92 Å². The highest BCUT2D eigenvalue weighted by Gasteiger charge is 2.18. The molecule has 104 valence electrons. The van der Waals surface area contributed by atoms with Crippen molar-refractivity contribution in [2.75, 3.05) is 18.8 Å². The van der Waals surface area contributed by atoms with Gasteiger partial charge in [0.15, 0.2) is 5.96 Å². The van der Waals surface area contributed by atoms with Crippen LogP contribution in [0.4, 0.5) is 0 Å². The third-order valence-corrected chi connectivity index (χ3v) is 3.84. The van der Waals surface area contributed by atoms with Gasteiger partial charge in [0.1, 0.15) is 0 Å². The fraction of sp³-hybridized carbons (Fsp3) is 0.909. The first-order valence-corrected chi connectivity index (χ1v) is 6.97. The predicted octanol–water partition coefficient (Wildman–Crippen LogP) is 1.71. The van der Waals surface area contributed by atoms with E-state index in [0.717, 1.165) is 6.54 Å². The Hall–Kier alpha value is 0.150. The summed E-state index contributed by atoms with van der Waals surface area (Å²) in [5.74, 6) is 1.55. The maximum absolute atomic E-state index is 11.7. The summed E-state index contributed by atoms with van der Waals surface area (Å²) in [7, 11) is -0.840. The van der Waals surface area contributed by atoms with Crippen molar-refractivity contribution in [2.24, 2.45) is 16.6 Å². The molecule has 4 nitrogen and oxygen atoms in total. The van der Waals surface area contributed by atoms with Crippen molar-refractivity contribution >= 4 is 40.7 Å². The summed E-state index contributed by atoms with van der Waals surface area (Å²) in [4.78, 5) is 4.17. The third kappa shape index (κ3) is 11.0. The number of aliphatic imine (C=N–C) groups is 1. The van der Waals surface area contributed by atoms with Crippen LogP contribution >= 0.6 is 24.0 Å². The molecule has 0 amide bonds. The number of guanidine groups is 1. The van der Waals surface area contributed by atoms with Crippen LogP contribution in [0.1, 0.15) is 34.6 Å². The van der Waals surface area contributed by atoms with E-state index in [0.29, 0.717) is 24.2 Å². The minimum absolute atomic E-state index is 0. The average molecular weight is 375 g/mol. The molecule has 6 heteroatoms. The largest absolute Gasteiger partial charge is 0.370 e. The summed E-state index contributed by atoms with van der Waals surface area (Å²) < 4.78 is 11.5. The van der Waals surface area contributed by atoms with Gasteiger partial charge in [0.05, 0.1) is 0 Å². The Morgan fingerprint density at radius 2 is 1.94 bits per heavy atom. The zero-order valence-electron chi connectivity index (χ0n) is 11.4. The van der Waals surface area contributed by atoms with Crippen LogP contribution in [0.3, 0.4) is 0 Å². The number of halogens is 1. The minimum Gasteiger partial charge on any atom is -0.370 e. The molecule has 0 saturated carbocycles. The number of hydrogen-bond acceptors (Lipinski definition) is 2. The summed E-state index contributed by atoms with van der Waals surface area (Å²) in [6.07, 6.45) is 0. The number of nitrogens with one attached hydrogen (secondary N) is 1. The Balaban J connectivity index is 0. The molecule has 0 aliphatic heterocycles. The molecule has 0 aromatic heterocycles. The Morgan fingerprint density at radius 3 is 2.35 bits per heavy atom. The summed E-state index contributed by atoms with van der Waals surface area (Å²) in [5.41, 5.74) is 5.66. The molecular formula is C11H26IN3OS. The highest BCUT2D eigenvalue weighted by Crippen LogP contribution is 2.10. The molecule has 0 aliphatic rings. The molecule has 0 spiro atoms. The van der Waals surface area contributed by atoms with E-state index in [1.54, 1.807) is 0 Å². The SMILES string of the molecule is CC(C)CN=C(N)NCCS(=O)C(C)(C)C.I. The molecule has 17 heavy (non-hydrogen) atoms. The van der Waals surface area contributed by atoms with Gasteiger partial charge in [0, 0.05) is 34.4 Å². The Labute approximate surface area is 125 Å². The minimum atomic E-state index is -0.840. The lowest BCUT2D eigenvalue weighted by atomic mass is 10.2. The highest BCUT2D eigenvalue weighted by molar-refractivity contribution is 14.0. The first-order valence-electron chi connectivity index (χ1n) is 5.65. The first-order chi connectivity index (χ1) is 7.23. The number of nitrogens with zero attached hydrogens (tertiary/aromatic N) is 1. The molecule has 1 atom stereocenters. The maximum atomic E-state index is 11.7. The zero-order chi connectivity index (χ0) is 12.8. The van der Waals surface area contributed by atoms with Crippen molar-refractivity contribution in [3.05, 3.63) is 0 Å². The summed E-state index contributed by atoms with van der Waals surface area (Å²) in [5, 5.41) is 2.98. The summed E-state index contributed by atoms with van der Waals surface area (Å²) >= 11 is 0. The molecule has 3 N–H and O–H groups in total. The lowest BCUT2D eigenvalue weighted by molar-refractivity contribution is 0.646. The molecule has 1 unspecified atom stereocenters. The van der Waals surface area contributed by atoms with Gasteiger partial charge in [-0.25, -0.2) is 0 Å². The Morgan fingerprint density at radius 1 is 1.41 bits per heavy atom. The normalized spacial score (nSPS) is 14.4. The fourth-order valence-electron chi connectivity index (χ4n) is 0.915. The molecule has 0 fully saturated rings. The standard InChI is InChI=1S/C11H25N3OS.HI/c1-9(2)8-14-10(12)13-6-7-16(15)11(3,4)5;/h9H,6-8H2,1-5H3,(H3,12,13,14);1H. The zero-order valence-corrected chi connectivity index (χ0v) is 14.6. The van der Waals surface area contributed by atoms with Crippen LogP contribution in [-0.2, 0) is 10.8 Å². The second-order valence-corrected chi connectivity index (χ2v) is 7.53. The number of nitrogens with two attached hydrogens (primary N) is 1. The maximum Gasteiger partial charge on any atom is 0.188 e. The lowest BCUT2D eigenvalue weighted by Gasteiger charge is -2.17. The van der Waals surface area contributed by atoms with E-state index < -0.39 is 10.8 Å². The van der Waals surface area contributed by atoms with E-state index in [4.69, 9.17) is 5.73 Å². The Kier molecular flexibility index (Phi) is 10.5. The molecule has 0 saturated heterocycles. The van der Waals surface area contributed by atoms with Crippen molar-refractivity contribution < 1.29 is 4.21 Å². The van der Waals surface area contributed by atoms with Gasteiger partial charge < -0.3 is 11.1 Å². The van der Waals surface area contributed by atoms with E-state index in [1.165, 1.54) is 0 Å². The predicted molar refractivity (Wildman–Crippen MR) is 87.5 cm³/mol. The second-order valence-electron chi connectivity index (χ2n) is 5.21. The molecule has 0 bridgehead atoms. The van der Waals surface area contributed by atoms with E-state index in [9.17, 15) is 4.21 Å². The molecule has 0 aromatic rings. The van der Waals surface area contributed by atoms with Gasteiger partial charge in [-0.05, 0) is 26.7 Å². The van der Waals surface area contributed by atoms with Gasteiger partial charge in [-0.1, -0.05) is 13.8 Å². The Bertz CT molecular complexity index is 262. The van der Waals surface area contributed by atoms with Crippen LogP contribution in [-0.4, -0.2) is 33.8 Å². The van der Waals surface area contributed by atoms with Gasteiger partial charge in [0.25, 0.3) is 0 Å². The molecular weight excluding hydrogens is 349 g/mol. The third-order valence-electron chi connectivity index (χ3n) is 1.90. The van der Waals surface area contributed by atoms with E-state index in [1.807, 2.05) is 20.8 Å². The molecule has 0 aliphatic carbocycles. The van der Waals surface area contributed by atoms with Crippen molar-refractivity contribution in [3.8, 4) is 0 Å². The monoisotopic (exact) mass is 375 g/mol. The van der Waals surface area contributed by atoms with Crippen LogP contribution in [0.15, 0.2) is 4.99 Å².